The van der Waals surface area contributed by atoms with Crippen LogP contribution < -0.4 is 0 Å². The number of carbonyl (C=O) groups excluding carboxylic acids is 1. The van der Waals surface area contributed by atoms with Gasteiger partial charge in [0, 0.05) is 12.6 Å². The summed E-state index contributed by atoms with van der Waals surface area (Å²) < 4.78 is 5.39. The maximum Gasteiger partial charge on any atom is 0.410 e. The standard InChI is InChI=1S/C16H29NO5/c1-11(2)17(14(21)22-15(3,4)5)10-16(13(19)20)8-6-12(18)7-9-16/h11-12,18H,6-10H2,1-5H3,(H,19,20). The molecule has 1 saturated carbocycles. The van der Waals surface area contributed by atoms with Crippen molar-refractivity contribution in [3.8, 4) is 0 Å². The molecule has 0 radical (unpaired) electrons. The van der Waals surface area contributed by atoms with Crippen LogP contribution in [0.4, 0.5) is 4.79 Å². The fraction of sp³-hybridized carbons (Fsp3) is 0.875. The number of carboxylic acids is 1. The first-order chi connectivity index (χ1) is 9.97. The van der Waals surface area contributed by atoms with Gasteiger partial charge in [-0.3, -0.25) is 4.79 Å². The number of ether oxygens (including phenoxy) is 1. The number of aliphatic hydroxyl groups excluding tert-OH is 1. The number of aliphatic hydroxyl groups is 1. The number of carbonyl (C=O) groups is 2. The zero-order valence-electron chi connectivity index (χ0n) is 14.3. The molecule has 0 atom stereocenters. The van der Waals surface area contributed by atoms with Gasteiger partial charge in [-0.1, -0.05) is 0 Å². The molecule has 22 heavy (non-hydrogen) atoms. The molecular formula is C16H29NO5. The lowest BCUT2D eigenvalue weighted by Crippen LogP contribution is -2.51. The first-order valence-electron chi connectivity index (χ1n) is 7.88. The second kappa shape index (κ2) is 6.86. The summed E-state index contributed by atoms with van der Waals surface area (Å²) in [7, 11) is 0. The van der Waals surface area contributed by atoms with E-state index in [2.05, 4.69) is 0 Å². The molecule has 2 N–H and O–H groups in total. The lowest BCUT2D eigenvalue weighted by molar-refractivity contribution is -0.154. The molecule has 6 nitrogen and oxygen atoms in total. The molecule has 1 rings (SSSR count). The lowest BCUT2D eigenvalue weighted by atomic mass is 9.72. The van der Waals surface area contributed by atoms with E-state index in [4.69, 9.17) is 4.74 Å². The summed E-state index contributed by atoms with van der Waals surface area (Å²) in [5, 5.41) is 19.3. The first-order valence-corrected chi connectivity index (χ1v) is 7.88. The molecule has 0 aromatic heterocycles. The maximum absolute atomic E-state index is 12.4. The van der Waals surface area contributed by atoms with Crippen molar-refractivity contribution in [1.82, 2.24) is 4.90 Å². The smallest absolute Gasteiger partial charge is 0.410 e. The van der Waals surface area contributed by atoms with Crippen LogP contribution in [-0.4, -0.2) is 51.5 Å². The third-order valence-electron chi connectivity index (χ3n) is 4.09. The lowest BCUT2D eigenvalue weighted by Gasteiger charge is -2.40. The molecule has 0 aliphatic heterocycles. The average Bonchev–Trinajstić information content (AvgIpc) is 2.35. The second-order valence-corrected chi connectivity index (χ2v) is 7.52. The Bertz CT molecular complexity index is 405. The normalized spacial score (nSPS) is 25.9. The third kappa shape index (κ3) is 4.87. The molecule has 1 aliphatic carbocycles. The van der Waals surface area contributed by atoms with E-state index in [1.165, 1.54) is 4.90 Å². The highest BCUT2D eigenvalue weighted by Gasteiger charge is 2.44. The van der Waals surface area contributed by atoms with Gasteiger partial charge in [-0.05, 0) is 60.3 Å². The third-order valence-corrected chi connectivity index (χ3v) is 4.09. The van der Waals surface area contributed by atoms with Crippen LogP contribution in [0, 0.1) is 5.41 Å². The predicted octanol–water partition coefficient (Wildman–Crippen LogP) is 2.64. The van der Waals surface area contributed by atoms with E-state index in [1.54, 1.807) is 20.8 Å². The maximum atomic E-state index is 12.4. The van der Waals surface area contributed by atoms with Crippen LogP contribution in [0.25, 0.3) is 0 Å². The number of rotatable bonds is 4. The Hall–Kier alpha value is -1.30. The Morgan fingerprint density at radius 2 is 1.77 bits per heavy atom. The second-order valence-electron chi connectivity index (χ2n) is 7.52. The minimum atomic E-state index is -1.000. The molecular weight excluding hydrogens is 286 g/mol. The molecule has 6 heteroatoms. The average molecular weight is 315 g/mol. The van der Waals surface area contributed by atoms with Crippen molar-refractivity contribution in [2.75, 3.05) is 6.54 Å². The van der Waals surface area contributed by atoms with Gasteiger partial charge in [-0.15, -0.1) is 0 Å². The Labute approximate surface area is 132 Å². The zero-order valence-corrected chi connectivity index (χ0v) is 14.3. The largest absolute Gasteiger partial charge is 0.481 e. The van der Waals surface area contributed by atoms with Crippen LogP contribution >= 0.6 is 0 Å². The number of hydrogen-bond donors (Lipinski definition) is 2. The molecule has 0 spiro atoms. The van der Waals surface area contributed by atoms with Crippen molar-refractivity contribution >= 4 is 12.1 Å². The molecule has 0 saturated heterocycles. The van der Waals surface area contributed by atoms with Crippen LogP contribution in [0.3, 0.4) is 0 Å². The van der Waals surface area contributed by atoms with Crippen molar-refractivity contribution in [1.29, 1.82) is 0 Å². The Morgan fingerprint density at radius 1 is 1.27 bits per heavy atom. The highest BCUT2D eigenvalue weighted by Crippen LogP contribution is 2.38. The van der Waals surface area contributed by atoms with Crippen molar-refractivity contribution in [3.63, 3.8) is 0 Å². The van der Waals surface area contributed by atoms with Crippen molar-refractivity contribution in [3.05, 3.63) is 0 Å². The quantitative estimate of drug-likeness (QED) is 0.833. The van der Waals surface area contributed by atoms with Gasteiger partial charge in [-0.25, -0.2) is 4.79 Å². The molecule has 1 amide bonds. The summed E-state index contributed by atoms with van der Waals surface area (Å²) in [5.41, 5.74) is -1.62. The minimum Gasteiger partial charge on any atom is -0.481 e. The highest BCUT2D eigenvalue weighted by atomic mass is 16.6. The van der Waals surface area contributed by atoms with Gasteiger partial charge in [0.2, 0.25) is 0 Å². The number of amides is 1. The van der Waals surface area contributed by atoms with E-state index in [-0.39, 0.29) is 12.6 Å². The summed E-state index contributed by atoms with van der Waals surface area (Å²) in [6.45, 7) is 9.16. The molecule has 128 valence electrons. The van der Waals surface area contributed by atoms with E-state index in [0.29, 0.717) is 25.7 Å². The van der Waals surface area contributed by atoms with Crippen molar-refractivity contribution in [2.24, 2.45) is 5.41 Å². The number of carboxylic acid groups (broad SMARTS) is 1. The van der Waals surface area contributed by atoms with Gasteiger partial charge in [0.05, 0.1) is 11.5 Å². The molecule has 0 heterocycles. The van der Waals surface area contributed by atoms with Gasteiger partial charge in [0.25, 0.3) is 0 Å². The fourth-order valence-electron chi connectivity index (χ4n) is 2.70. The summed E-state index contributed by atoms with van der Waals surface area (Å²) in [4.78, 5) is 25.6. The molecule has 0 aromatic carbocycles. The van der Waals surface area contributed by atoms with Crippen LogP contribution in [0.15, 0.2) is 0 Å². The fourth-order valence-corrected chi connectivity index (χ4v) is 2.70. The summed E-state index contributed by atoms with van der Waals surface area (Å²) in [6.07, 6.45) is 0.709. The van der Waals surface area contributed by atoms with E-state index >= 15 is 0 Å². The molecule has 1 fully saturated rings. The molecule has 0 aromatic rings. The summed E-state index contributed by atoms with van der Waals surface area (Å²) >= 11 is 0. The van der Waals surface area contributed by atoms with Crippen molar-refractivity contribution < 1.29 is 24.5 Å². The van der Waals surface area contributed by atoms with E-state index in [1.807, 2.05) is 13.8 Å². The Kier molecular flexibility index (Phi) is 5.84. The van der Waals surface area contributed by atoms with Crippen LogP contribution in [0.5, 0.6) is 0 Å². The predicted molar refractivity (Wildman–Crippen MR) is 82.6 cm³/mol. The van der Waals surface area contributed by atoms with Gasteiger partial charge >= 0.3 is 12.1 Å². The van der Waals surface area contributed by atoms with Crippen molar-refractivity contribution in [2.45, 2.75) is 78.0 Å². The molecule has 1 aliphatic rings. The Balaban J connectivity index is 2.92. The SMILES string of the molecule is CC(C)N(CC1(C(=O)O)CCC(O)CC1)C(=O)OC(C)(C)C. The van der Waals surface area contributed by atoms with Crippen LogP contribution in [0.1, 0.15) is 60.3 Å². The number of nitrogens with zero attached hydrogens (tertiary/aromatic N) is 1. The first kappa shape index (κ1) is 18.7. The Morgan fingerprint density at radius 3 is 2.14 bits per heavy atom. The summed E-state index contributed by atoms with van der Waals surface area (Å²) in [6, 6.07) is -0.155. The van der Waals surface area contributed by atoms with Crippen LogP contribution in [-0.2, 0) is 9.53 Å². The number of aliphatic carboxylic acids is 1. The van der Waals surface area contributed by atoms with Gasteiger partial charge in [0.15, 0.2) is 0 Å². The van der Waals surface area contributed by atoms with Crippen LogP contribution in [0.2, 0.25) is 0 Å². The topological polar surface area (TPSA) is 87.1 Å². The van der Waals surface area contributed by atoms with Gasteiger partial charge < -0.3 is 19.8 Å². The highest BCUT2D eigenvalue weighted by molar-refractivity contribution is 5.76. The molecule has 0 bridgehead atoms. The monoisotopic (exact) mass is 315 g/mol. The zero-order chi connectivity index (χ0) is 17.1. The van der Waals surface area contributed by atoms with Gasteiger partial charge in [0.1, 0.15) is 5.60 Å². The number of hydrogen-bond acceptors (Lipinski definition) is 4. The van der Waals surface area contributed by atoms with E-state index in [9.17, 15) is 19.8 Å². The summed E-state index contributed by atoms with van der Waals surface area (Å²) in [5.74, 6) is -0.909. The minimum absolute atomic E-state index is 0.113. The van der Waals surface area contributed by atoms with E-state index < -0.39 is 29.2 Å². The van der Waals surface area contributed by atoms with Gasteiger partial charge in [-0.2, -0.15) is 0 Å². The molecule has 0 unspecified atom stereocenters. The van der Waals surface area contributed by atoms with E-state index in [0.717, 1.165) is 0 Å².